The van der Waals surface area contributed by atoms with E-state index in [1.54, 1.807) is 12.3 Å². The van der Waals surface area contributed by atoms with Crippen LogP contribution in [0.5, 0.6) is 0 Å². The first kappa shape index (κ1) is 15.3. The van der Waals surface area contributed by atoms with Crippen LogP contribution in [-0.4, -0.2) is 35.0 Å². The molecule has 5 heteroatoms. The second-order valence-corrected chi connectivity index (χ2v) is 5.87. The fraction of sp³-hybridized carbons (Fsp3) is 0.333. The van der Waals surface area contributed by atoms with Crippen molar-refractivity contribution in [1.29, 1.82) is 0 Å². The van der Waals surface area contributed by atoms with E-state index in [-0.39, 0.29) is 6.03 Å². The molecule has 1 fully saturated rings. The Hall–Kier alpha value is -2.56. The molecule has 0 atom stereocenters. The number of piperidine rings is 1. The molecule has 0 bridgehead atoms. The van der Waals surface area contributed by atoms with Gasteiger partial charge in [-0.25, -0.2) is 9.78 Å². The lowest BCUT2D eigenvalue weighted by molar-refractivity contribution is 0.197. The molecule has 2 amide bonds. The first-order valence-corrected chi connectivity index (χ1v) is 8.01. The predicted octanol–water partition coefficient (Wildman–Crippen LogP) is 3.50. The Balaban J connectivity index is 1.50. The van der Waals surface area contributed by atoms with Crippen LogP contribution in [0.1, 0.15) is 18.4 Å². The number of benzene rings is 1. The number of para-hydroxylation sites is 1. The molecule has 0 aliphatic carbocycles. The minimum absolute atomic E-state index is 0.0713. The van der Waals surface area contributed by atoms with Gasteiger partial charge in [0.05, 0.1) is 0 Å². The Morgan fingerprint density at radius 2 is 1.87 bits per heavy atom. The minimum Gasteiger partial charge on any atom is -0.382 e. The van der Waals surface area contributed by atoms with Gasteiger partial charge in [0.2, 0.25) is 0 Å². The summed E-state index contributed by atoms with van der Waals surface area (Å²) in [6.45, 7) is 3.61. The van der Waals surface area contributed by atoms with Crippen molar-refractivity contribution in [2.45, 2.75) is 25.8 Å². The van der Waals surface area contributed by atoms with Gasteiger partial charge >= 0.3 is 6.03 Å². The molecule has 3 rings (SSSR count). The predicted molar refractivity (Wildman–Crippen MR) is 92.7 cm³/mol. The summed E-state index contributed by atoms with van der Waals surface area (Å²) in [5.41, 5.74) is 2.44. The maximum absolute atomic E-state index is 12.2. The number of nitrogens with zero attached hydrogens (tertiary/aromatic N) is 2. The lowest BCUT2D eigenvalue weighted by Crippen LogP contribution is -2.44. The van der Waals surface area contributed by atoms with E-state index in [4.69, 9.17) is 0 Å². The van der Waals surface area contributed by atoms with E-state index in [0.717, 1.165) is 25.9 Å². The summed E-state index contributed by atoms with van der Waals surface area (Å²) in [7, 11) is 0. The number of anilines is 2. The second kappa shape index (κ2) is 7.13. The van der Waals surface area contributed by atoms with E-state index in [2.05, 4.69) is 34.7 Å². The van der Waals surface area contributed by atoms with Gasteiger partial charge in [0.1, 0.15) is 5.82 Å². The fourth-order valence-corrected chi connectivity index (χ4v) is 2.81. The van der Waals surface area contributed by atoms with Crippen molar-refractivity contribution >= 4 is 17.5 Å². The molecule has 120 valence electrons. The summed E-state index contributed by atoms with van der Waals surface area (Å²) < 4.78 is 0. The molecule has 23 heavy (non-hydrogen) atoms. The van der Waals surface area contributed by atoms with E-state index in [1.807, 2.05) is 29.2 Å². The van der Waals surface area contributed by atoms with Gasteiger partial charge in [-0.3, -0.25) is 5.32 Å². The average Bonchev–Trinajstić information content (AvgIpc) is 2.58. The van der Waals surface area contributed by atoms with Gasteiger partial charge in [0, 0.05) is 31.0 Å². The van der Waals surface area contributed by atoms with Crippen molar-refractivity contribution in [2.75, 3.05) is 23.7 Å². The molecular formula is C18H22N4O. The van der Waals surface area contributed by atoms with Crippen molar-refractivity contribution in [2.24, 2.45) is 0 Å². The van der Waals surface area contributed by atoms with Gasteiger partial charge in [-0.05, 0) is 43.5 Å². The highest BCUT2D eigenvalue weighted by Gasteiger charge is 2.23. The van der Waals surface area contributed by atoms with Crippen molar-refractivity contribution in [3.8, 4) is 0 Å². The van der Waals surface area contributed by atoms with E-state index in [1.165, 1.54) is 11.3 Å². The topological polar surface area (TPSA) is 57.3 Å². The lowest BCUT2D eigenvalue weighted by atomic mass is 10.0. The third-order valence-electron chi connectivity index (χ3n) is 4.19. The van der Waals surface area contributed by atoms with Crippen LogP contribution in [0.15, 0.2) is 48.7 Å². The molecule has 0 radical (unpaired) electrons. The number of amides is 2. The molecule has 1 aliphatic heterocycles. The number of likely N-dealkylation sites (tertiary alicyclic amines) is 1. The molecule has 1 saturated heterocycles. The normalized spacial score (nSPS) is 15.3. The number of hydrogen-bond acceptors (Lipinski definition) is 3. The van der Waals surface area contributed by atoms with Gasteiger partial charge in [-0.15, -0.1) is 0 Å². The molecule has 2 N–H and O–H groups in total. The SMILES string of the molecule is Cc1ccccc1NC1CCN(C(=O)Nc2ccccn2)CC1. The largest absolute Gasteiger partial charge is 0.382 e. The van der Waals surface area contributed by atoms with Crippen molar-refractivity contribution in [1.82, 2.24) is 9.88 Å². The average molecular weight is 310 g/mol. The molecular weight excluding hydrogens is 288 g/mol. The van der Waals surface area contributed by atoms with Crippen molar-refractivity contribution in [3.63, 3.8) is 0 Å². The van der Waals surface area contributed by atoms with E-state index >= 15 is 0 Å². The van der Waals surface area contributed by atoms with Crippen LogP contribution in [0.2, 0.25) is 0 Å². The van der Waals surface area contributed by atoms with E-state index in [9.17, 15) is 4.79 Å². The number of nitrogens with one attached hydrogen (secondary N) is 2. The molecule has 0 unspecified atom stereocenters. The first-order valence-electron chi connectivity index (χ1n) is 8.01. The Morgan fingerprint density at radius 3 is 2.57 bits per heavy atom. The Morgan fingerprint density at radius 1 is 1.13 bits per heavy atom. The van der Waals surface area contributed by atoms with Crippen molar-refractivity contribution < 1.29 is 4.79 Å². The van der Waals surface area contributed by atoms with Crippen LogP contribution in [0, 0.1) is 6.92 Å². The Labute approximate surface area is 136 Å². The monoisotopic (exact) mass is 310 g/mol. The van der Waals surface area contributed by atoms with Gasteiger partial charge in [-0.2, -0.15) is 0 Å². The summed E-state index contributed by atoms with van der Waals surface area (Å²) in [6, 6.07) is 14.1. The second-order valence-electron chi connectivity index (χ2n) is 5.87. The molecule has 1 aromatic carbocycles. The standard InChI is InChI=1S/C18H22N4O/c1-14-6-2-3-7-16(14)20-15-9-12-22(13-10-15)18(23)21-17-8-4-5-11-19-17/h2-8,11,15,20H,9-10,12-13H2,1H3,(H,19,21,23). The summed E-state index contributed by atoms with van der Waals surface area (Å²) in [5.74, 6) is 0.595. The van der Waals surface area contributed by atoms with E-state index < -0.39 is 0 Å². The highest BCUT2D eigenvalue weighted by atomic mass is 16.2. The molecule has 1 aromatic heterocycles. The van der Waals surface area contributed by atoms with Gasteiger partial charge in [-0.1, -0.05) is 24.3 Å². The smallest absolute Gasteiger partial charge is 0.323 e. The highest BCUT2D eigenvalue weighted by Crippen LogP contribution is 2.20. The molecule has 0 saturated carbocycles. The van der Waals surface area contributed by atoms with Crippen LogP contribution in [0.25, 0.3) is 0 Å². The van der Waals surface area contributed by atoms with Crippen LogP contribution in [0.4, 0.5) is 16.3 Å². The number of aromatic nitrogens is 1. The summed E-state index contributed by atoms with van der Waals surface area (Å²) >= 11 is 0. The molecule has 5 nitrogen and oxygen atoms in total. The zero-order valence-electron chi connectivity index (χ0n) is 13.3. The van der Waals surface area contributed by atoms with Crippen LogP contribution in [-0.2, 0) is 0 Å². The van der Waals surface area contributed by atoms with Gasteiger partial charge in [0.15, 0.2) is 0 Å². The molecule has 2 aromatic rings. The summed E-state index contributed by atoms with van der Waals surface area (Å²) in [4.78, 5) is 18.2. The number of urea groups is 1. The Kier molecular flexibility index (Phi) is 4.76. The third-order valence-corrected chi connectivity index (χ3v) is 4.19. The third kappa shape index (κ3) is 4.00. The summed E-state index contributed by atoms with van der Waals surface area (Å²) in [5, 5.41) is 6.43. The zero-order chi connectivity index (χ0) is 16.1. The maximum atomic E-state index is 12.2. The van der Waals surface area contributed by atoms with Crippen LogP contribution in [0.3, 0.4) is 0 Å². The number of carbonyl (C=O) groups is 1. The number of pyridine rings is 1. The number of rotatable bonds is 3. The lowest BCUT2D eigenvalue weighted by Gasteiger charge is -2.33. The molecule has 1 aliphatic rings. The number of aryl methyl sites for hydroxylation is 1. The first-order chi connectivity index (χ1) is 11.2. The van der Waals surface area contributed by atoms with Crippen LogP contribution >= 0.6 is 0 Å². The van der Waals surface area contributed by atoms with E-state index in [0.29, 0.717) is 11.9 Å². The summed E-state index contributed by atoms with van der Waals surface area (Å²) in [6.07, 6.45) is 3.57. The number of carbonyl (C=O) groups excluding carboxylic acids is 1. The maximum Gasteiger partial charge on any atom is 0.323 e. The number of hydrogen-bond donors (Lipinski definition) is 2. The Bertz CT molecular complexity index is 651. The quantitative estimate of drug-likeness (QED) is 0.912. The zero-order valence-corrected chi connectivity index (χ0v) is 13.3. The van der Waals surface area contributed by atoms with Crippen LogP contribution < -0.4 is 10.6 Å². The van der Waals surface area contributed by atoms with Crippen molar-refractivity contribution in [3.05, 3.63) is 54.2 Å². The highest BCUT2D eigenvalue weighted by molar-refractivity contribution is 5.88. The molecule has 2 heterocycles. The van der Waals surface area contributed by atoms with Gasteiger partial charge < -0.3 is 10.2 Å². The fourth-order valence-electron chi connectivity index (χ4n) is 2.81. The van der Waals surface area contributed by atoms with Gasteiger partial charge in [0.25, 0.3) is 0 Å². The minimum atomic E-state index is -0.0713. The molecule has 0 spiro atoms.